The third kappa shape index (κ3) is 2.68. The first kappa shape index (κ1) is 15.1. The molecule has 0 N–H and O–H groups in total. The van der Waals surface area contributed by atoms with Gasteiger partial charge in [0.1, 0.15) is 0 Å². The smallest absolute Gasteiger partial charge is 0.263 e. The summed E-state index contributed by atoms with van der Waals surface area (Å²) in [5.41, 5.74) is 2.57. The van der Waals surface area contributed by atoms with Gasteiger partial charge >= 0.3 is 0 Å². The highest BCUT2D eigenvalue weighted by Gasteiger charge is 2.11. The van der Waals surface area contributed by atoms with Gasteiger partial charge in [0.2, 0.25) is 5.88 Å². The molecular weight excluding hydrogens is 312 g/mol. The van der Waals surface area contributed by atoms with Gasteiger partial charge in [0.25, 0.3) is 5.56 Å². The molecule has 2 aromatic carbocycles. The molecule has 0 aliphatic rings. The third-order valence-corrected chi connectivity index (χ3v) is 4.22. The molecule has 0 saturated carbocycles. The van der Waals surface area contributed by atoms with Gasteiger partial charge in [0, 0.05) is 24.1 Å². The fourth-order valence-electron chi connectivity index (χ4n) is 3.01. The number of nitrogens with zero attached hydrogens (tertiary/aromatic N) is 2. The molecule has 0 aliphatic heterocycles. The van der Waals surface area contributed by atoms with Gasteiger partial charge in [-0.25, -0.2) is 4.98 Å². The molecule has 0 radical (unpaired) electrons. The predicted molar refractivity (Wildman–Crippen MR) is 99.3 cm³/mol. The zero-order chi connectivity index (χ0) is 17.2. The molecule has 0 bridgehead atoms. The Morgan fingerprint density at radius 3 is 2.60 bits per heavy atom. The molecule has 0 atom stereocenters. The van der Waals surface area contributed by atoms with Crippen molar-refractivity contribution < 1.29 is 4.74 Å². The number of fused-ring (bicyclic) bond motifs is 1. The Morgan fingerprint density at radius 2 is 1.80 bits per heavy atom. The number of rotatable bonds is 3. The van der Waals surface area contributed by atoms with Crippen LogP contribution in [0, 0.1) is 0 Å². The van der Waals surface area contributed by atoms with Crippen LogP contribution in [0.25, 0.3) is 27.6 Å². The van der Waals surface area contributed by atoms with E-state index in [0.717, 1.165) is 22.2 Å². The normalized spacial score (nSPS) is 10.8. The average Bonchev–Trinajstić information content (AvgIpc) is 2.68. The number of hydrogen-bond donors (Lipinski definition) is 0. The van der Waals surface area contributed by atoms with Crippen molar-refractivity contribution in [2.24, 2.45) is 0 Å². The Bertz CT molecular complexity index is 1100. The summed E-state index contributed by atoms with van der Waals surface area (Å²) < 4.78 is 6.89. The van der Waals surface area contributed by atoms with Crippen LogP contribution >= 0.6 is 0 Å². The Hall–Kier alpha value is -3.40. The van der Waals surface area contributed by atoms with E-state index in [-0.39, 0.29) is 5.56 Å². The second-order valence-electron chi connectivity index (χ2n) is 5.68. The number of ether oxygens (including phenoxy) is 1. The summed E-state index contributed by atoms with van der Waals surface area (Å²) in [4.78, 5) is 17.3. The van der Waals surface area contributed by atoms with Gasteiger partial charge in [-0.05, 0) is 40.8 Å². The third-order valence-electron chi connectivity index (χ3n) is 4.22. The van der Waals surface area contributed by atoms with Crippen LogP contribution in [0.3, 0.4) is 0 Å². The second-order valence-corrected chi connectivity index (χ2v) is 5.68. The SMILES string of the molecule is COc1cc(-c2cccc3ccn(-c4ccccc4)c(=O)c23)ccn1. The highest BCUT2D eigenvalue weighted by atomic mass is 16.5. The van der Waals surface area contributed by atoms with E-state index in [1.807, 2.05) is 72.9 Å². The average molecular weight is 328 g/mol. The zero-order valence-electron chi connectivity index (χ0n) is 13.7. The fraction of sp³-hybridized carbons (Fsp3) is 0.0476. The van der Waals surface area contributed by atoms with E-state index in [0.29, 0.717) is 11.3 Å². The first-order chi connectivity index (χ1) is 12.3. The van der Waals surface area contributed by atoms with Gasteiger partial charge in [0.05, 0.1) is 12.5 Å². The summed E-state index contributed by atoms with van der Waals surface area (Å²) in [5, 5.41) is 1.59. The van der Waals surface area contributed by atoms with E-state index in [4.69, 9.17) is 4.74 Å². The fourth-order valence-corrected chi connectivity index (χ4v) is 3.01. The molecule has 25 heavy (non-hydrogen) atoms. The molecule has 0 spiro atoms. The van der Waals surface area contributed by atoms with Crippen molar-refractivity contribution in [2.45, 2.75) is 0 Å². The molecule has 0 aliphatic carbocycles. The van der Waals surface area contributed by atoms with Crippen molar-refractivity contribution in [1.29, 1.82) is 0 Å². The lowest BCUT2D eigenvalue weighted by atomic mass is 10.00. The van der Waals surface area contributed by atoms with Crippen LogP contribution < -0.4 is 10.3 Å². The lowest BCUT2D eigenvalue weighted by Gasteiger charge is -2.11. The summed E-state index contributed by atoms with van der Waals surface area (Å²) in [5.74, 6) is 0.522. The number of pyridine rings is 2. The van der Waals surface area contributed by atoms with E-state index in [9.17, 15) is 4.79 Å². The van der Waals surface area contributed by atoms with Gasteiger partial charge in [-0.15, -0.1) is 0 Å². The summed E-state index contributed by atoms with van der Waals surface area (Å²) >= 11 is 0. The zero-order valence-corrected chi connectivity index (χ0v) is 13.7. The molecule has 2 aromatic heterocycles. The van der Waals surface area contributed by atoms with Gasteiger partial charge in [-0.1, -0.05) is 36.4 Å². The molecular formula is C21H16N2O2. The van der Waals surface area contributed by atoms with Gasteiger partial charge in [0.15, 0.2) is 0 Å². The molecule has 4 nitrogen and oxygen atoms in total. The minimum atomic E-state index is -0.0462. The molecule has 2 heterocycles. The Kier molecular flexibility index (Phi) is 3.78. The van der Waals surface area contributed by atoms with E-state index < -0.39 is 0 Å². The van der Waals surface area contributed by atoms with Crippen molar-refractivity contribution >= 4 is 10.8 Å². The maximum absolute atomic E-state index is 13.2. The van der Waals surface area contributed by atoms with Crippen LogP contribution in [0.1, 0.15) is 0 Å². The van der Waals surface area contributed by atoms with Crippen molar-refractivity contribution in [3.05, 3.63) is 89.5 Å². The maximum atomic E-state index is 13.2. The van der Waals surface area contributed by atoms with Gasteiger partial charge in [-0.3, -0.25) is 9.36 Å². The highest BCUT2D eigenvalue weighted by molar-refractivity contribution is 5.96. The second kappa shape index (κ2) is 6.24. The molecule has 122 valence electrons. The van der Waals surface area contributed by atoms with Gasteiger partial charge in [-0.2, -0.15) is 0 Å². The lowest BCUT2D eigenvalue weighted by molar-refractivity contribution is 0.398. The van der Waals surface area contributed by atoms with E-state index >= 15 is 0 Å². The minimum Gasteiger partial charge on any atom is -0.481 e. The number of aromatic nitrogens is 2. The summed E-state index contributed by atoms with van der Waals surface area (Å²) in [6.07, 6.45) is 3.50. The standard InChI is InChI=1S/C21H16N2O2/c1-25-19-14-16(10-12-22-19)18-9-5-6-15-11-13-23(21(24)20(15)18)17-7-3-2-4-8-17/h2-14H,1H3. The Balaban J connectivity index is 2.01. The lowest BCUT2D eigenvalue weighted by Crippen LogP contribution is -2.18. The van der Waals surface area contributed by atoms with Crippen LogP contribution in [0.4, 0.5) is 0 Å². The largest absolute Gasteiger partial charge is 0.481 e. The first-order valence-corrected chi connectivity index (χ1v) is 7.98. The summed E-state index contributed by atoms with van der Waals surface area (Å²) in [7, 11) is 1.58. The first-order valence-electron chi connectivity index (χ1n) is 7.98. The predicted octanol–water partition coefficient (Wildman–Crippen LogP) is 4.06. The highest BCUT2D eigenvalue weighted by Crippen LogP contribution is 2.28. The van der Waals surface area contributed by atoms with E-state index in [2.05, 4.69) is 4.98 Å². The van der Waals surface area contributed by atoms with Gasteiger partial charge < -0.3 is 4.74 Å². The number of para-hydroxylation sites is 1. The summed E-state index contributed by atoms with van der Waals surface area (Å²) in [6, 6.07) is 21.2. The molecule has 4 aromatic rings. The molecule has 4 heteroatoms. The Morgan fingerprint density at radius 1 is 0.960 bits per heavy atom. The molecule has 4 rings (SSSR count). The van der Waals surface area contributed by atoms with Crippen LogP contribution in [0.15, 0.2) is 83.9 Å². The van der Waals surface area contributed by atoms with Crippen molar-refractivity contribution in [3.63, 3.8) is 0 Å². The molecule has 0 saturated heterocycles. The molecule has 0 amide bonds. The Labute approximate surface area is 145 Å². The maximum Gasteiger partial charge on any atom is 0.263 e. The van der Waals surface area contributed by atoms with Crippen molar-refractivity contribution in [2.75, 3.05) is 7.11 Å². The van der Waals surface area contributed by atoms with Crippen LogP contribution in [0.2, 0.25) is 0 Å². The van der Waals surface area contributed by atoms with Crippen molar-refractivity contribution in [3.8, 4) is 22.7 Å². The number of benzene rings is 2. The van der Waals surface area contributed by atoms with Crippen LogP contribution in [-0.2, 0) is 0 Å². The van der Waals surface area contributed by atoms with E-state index in [1.165, 1.54) is 0 Å². The monoisotopic (exact) mass is 328 g/mol. The number of hydrogen-bond acceptors (Lipinski definition) is 3. The van der Waals surface area contributed by atoms with Crippen LogP contribution in [0.5, 0.6) is 5.88 Å². The topological polar surface area (TPSA) is 44.1 Å². The van der Waals surface area contributed by atoms with E-state index in [1.54, 1.807) is 17.9 Å². The number of methoxy groups -OCH3 is 1. The minimum absolute atomic E-state index is 0.0462. The molecule has 0 unspecified atom stereocenters. The molecule has 0 fully saturated rings. The van der Waals surface area contributed by atoms with Crippen LogP contribution in [-0.4, -0.2) is 16.7 Å². The quantitative estimate of drug-likeness (QED) is 0.569. The van der Waals surface area contributed by atoms with Crippen molar-refractivity contribution in [1.82, 2.24) is 9.55 Å². The summed E-state index contributed by atoms with van der Waals surface area (Å²) in [6.45, 7) is 0.